The summed E-state index contributed by atoms with van der Waals surface area (Å²) < 4.78 is 32.4. The van der Waals surface area contributed by atoms with Gasteiger partial charge in [-0.15, -0.1) is 23.2 Å². The van der Waals surface area contributed by atoms with Crippen LogP contribution in [0.3, 0.4) is 0 Å². The predicted molar refractivity (Wildman–Crippen MR) is 110 cm³/mol. The molecule has 10 heteroatoms. The molecule has 0 atom stereocenters. The Bertz CT molecular complexity index is 878. The average Bonchev–Trinajstić information content (AvgIpc) is 3.01. The van der Waals surface area contributed by atoms with Crippen LogP contribution >= 0.6 is 23.2 Å². The molecule has 0 saturated carbocycles. The van der Waals surface area contributed by atoms with E-state index in [-0.39, 0.29) is 11.7 Å². The van der Waals surface area contributed by atoms with E-state index < -0.39 is 15.0 Å². The first-order valence-electron chi connectivity index (χ1n) is 8.35. The van der Waals surface area contributed by atoms with E-state index in [0.717, 1.165) is 11.3 Å². The second kappa shape index (κ2) is 8.58. The molecule has 2 aromatic rings. The lowest BCUT2D eigenvalue weighted by atomic mass is 10.1. The summed E-state index contributed by atoms with van der Waals surface area (Å²) in [6, 6.07) is 5.09. The quantitative estimate of drug-likeness (QED) is 0.481. The Kier molecular flexibility index (Phi) is 6.88. The maximum Gasteiger partial charge on any atom is 0.333 e. The van der Waals surface area contributed by atoms with Crippen LogP contribution in [0.1, 0.15) is 19.4 Å². The van der Waals surface area contributed by atoms with Crippen LogP contribution in [0.2, 0.25) is 0 Å². The first-order valence-corrected chi connectivity index (χ1v) is 10.8. The summed E-state index contributed by atoms with van der Waals surface area (Å²) in [5, 5.41) is 0. The van der Waals surface area contributed by atoms with Crippen molar-refractivity contribution >= 4 is 45.0 Å². The van der Waals surface area contributed by atoms with Gasteiger partial charge in [0.1, 0.15) is 5.75 Å². The number of benzene rings is 1. The molecular formula is C17H24Cl2N4O3S. The van der Waals surface area contributed by atoms with Gasteiger partial charge in [-0.1, -0.05) is 0 Å². The van der Waals surface area contributed by atoms with E-state index in [1.54, 1.807) is 18.2 Å². The van der Waals surface area contributed by atoms with Crippen molar-refractivity contribution in [3.8, 4) is 5.75 Å². The highest BCUT2D eigenvalue weighted by molar-refractivity contribution is 7.87. The first-order chi connectivity index (χ1) is 12.6. The number of aryl methyl sites for hydroxylation is 1. The van der Waals surface area contributed by atoms with Gasteiger partial charge in [0.15, 0.2) is 4.87 Å². The number of hydrogen-bond donors (Lipinski definition) is 1. The Morgan fingerprint density at radius 2 is 1.89 bits per heavy atom. The molecule has 0 amide bonds. The number of anilines is 2. The summed E-state index contributed by atoms with van der Waals surface area (Å²) in [5.41, 5.74) is 7.54. The van der Waals surface area contributed by atoms with Crippen LogP contribution in [0.4, 0.5) is 11.6 Å². The van der Waals surface area contributed by atoms with Crippen molar-refractivity contribution in [2.75, 3.05) is 35.5 Å². The Balaban J connectivity index is 2.29. The molecule has 1 aromatic heterocycles. The topological polar surface area (TPSA) is 90.5 Å². The molecule has 0 radical (unpaired) electrons. The molecular weight excluding hydrogens is 411 g/mol. The Hall–Kier alpha value is -1.64. The number of alkyl halides is 2. The van der Waals surface area contributed by atoms with E-state index in [1.165, 1.54) is 30.8 Å². The number of imidazole rings is 1. The zero-order chi connectivity index (χ0) is 20.2. The second-order valence-corrected chi connectivity index (χ2v) is 9.28. The molecule has 2 N–H and O–H groups in total. The molecule has 0 aliphatic rings. The zero-order valence-electron chi connectivity index (χ0n) is 15.5. The minimum atomic E-state index is -4.04. The Labute approximate surface area is 170 Å². The fourth-order valence-corrected chi connectivity index (χ4v) is 4.08. The highest BCUT2D eigenvalue weighted by atomic mass is 35.5. The molecule has 0 aliphatic heterocycles. The number of hydrogen-bond acceptors (Lipinski definition) is 6. The van der Waals surface area contributed by atoms with E-state index in [9.17, 15) is 8.42 Å². The molecule has 1 heterocycles. The van der Waals surface area contributed by atoms with Crippen molar-refractivity contribution in [1.29, 1.82) is 0 Å². The SMILES string of the molecule is Cc1cc(OS(=O)(=O)C(C)(C)n2ccnc2N)ccc1N(CCCl)CCCl. The molecule has 0 aliphatic carbocycles. The number of halogens is 2. The molecule has 0 spiro atoms. The number of rotatable bonds is 9. The molecule has 0 bridgehead atoms. The van der Waals surface area contributed by atoms with Crippen molar-refractivity contribution in [3.63, 3.8) is 0 Å². The van der Waals surface area contributed by atoms with Gasteiger partial charge >= 0.3 is 10.1 Å². The third-order valence-electron chi connectivity index (χ3n) is 4.29. The third kappa shape index (κ3) is 4.62. The van der Waals surface area contributed by atoms with Gasteiger partial charge in [-0.2, -0.15) is 8.42 Å². The van der Waals surface area contributed by atoms with Gasteiger partial charge in [0.05, 0.1) is 0 Å². The fourth-order valence-electron chi connectivity index (χ4n) is 2.71. The predicted octanol–water partition coefficient (Wildman–Crippen LogP) is 3.16. The molecule has 1 aromatic carbocycles. The second-order valence-electron chi connectivity index (χ2n) is 6.45. The van der Waals surface area contributed by atoms with Gasteiger partial charge in [-0.3, -0.25) is 4.57 Å². The minimum Gasteiger partial charge on any atom is -0.381 e. The monoisotopic (exact) mass is 434 g/mol. The van der Waals surface area contributed by atoms with Crippen molar-refractivity contribution in [1.82, 2.24) is 9.55 Å². The van der Waals surface area contributed by atoms with Gasteiger partial charge in [0.2, 0.25) is 5.95 Å². The molecule has 0 fully saturated rings. The average molecular weight is 435 g/mol. The fraction of sp³-hybridized carbons (Fsp3) is 0.471. The van der Waals surface area contributed by atoms with E-state index >= 15 is 0 Å². The smallest absolute Gasteiger partial charge is 0.333 e. The van der Waals surface area contributed by atoms with Crippen molar-refractivity contribution in [2.24, 2.45) is 0 Å². The lowest BCUT2D eigenvalue weighted by Crippen LogP contribution is -2.39. The lowest BCUT2D eigenvalue weighted by Gasteiger charge is -2.27. The van der Waals surface area contributed by atoms with E-state index in [1.807, 2.05) is 11.8 Å². The van der Waals surface area contributed by atoms with Crippen LogP contribution in [0.5, 0.6) is 5.75 Å². The van der Waals surface area contributed by atoms with Crippen molar-refractivity contribution in [3.05, 3.63) is 36.2 Å². The highest BCUT2D eigenvalue weighted by Gasteiger charge is 2.39. The Morgan fingerprint density at radius 1 is 1.26 bits per heavy atom. The minimum absolute atomic E-state index is 0.0940. The molecule has 0 saturated heterocycles. The summed E-state index contributed by atoms with van der Waals surface area (Å²) in [5.74, 6) is 1.24. The molecule has 2 rings (SSSR count). The number of nitrogens with two attached hydrogens (primary N) is 1. The lowest BCUT2D eigenvalue weighted by molar-refractivity contribution is 0.400. The molecule has 150 valence electrons. The molecule has 0 unspecified atom stereocenters. The maximum absolute atomic E-state index is 12.8. The van der Waals surface area contributed by atoms with E-state index in [0.29, 0.717) is 24.8 Å². The molecule has 7 nitrogen and oxygen atoms in total. The third-order valence-corrected chi connectivity index (χ3v) is 6.46. The van der Waals surface area contributed by atoms with Crippen molar-refractivity contribution in [2.45, 2.75) is 25.6 Å². The molecule has 27 heavy (non-hydrogen) atoms. The standard InChI is InChI=1S/C17H24Cl2N4O3S/c1-13-12-14(4-5-15(13)22(9-6-18)10-7-19)26-27(24,25)17(2,3)23-11-8-21-16(23)20/h4-5,8,11-12H,6-7,9-10H2,1-3H3,(H2,20,21). The summed E-state index contributed by atoms with van der Waals surface area (Å²) in [4.78, 5) is 4.50. The number of nitrogens with zero attached hydrogens (tertiary/aromatic N) is 3. The van der Waals surface area contributed by atoms with Crippen LogP contribution in [0, 0.1) is 6.92 Å². The van der Waals surface area contributed by atoms with E-state index in [4.69, 9.17) is 33.1 Å². The van der Waals surface area contributed by atoms with Gasteiger partial charge < -0.3 is 14.8 Å². The van der Waals surface area contributed by atoms with Gasteiger partial charge in [-0.05, 0) is 44.5 Å². The summed E-state index contributed by atoms with van der Waals surface area (Å²) in [7, 11) is -4.04. The normalized spacial score (nSPS) is 12.2. The van der Waals surface area contributed by atoms with Gasteiger partial charge in [0, 0.05) is 42.9 Å². The van der Waals surface area contributed by atoms with Crippen LogP contribution in [-0.4, -0.2) is 42.8 Å². The highest BCUT2D eigenvalue weighted by Crippen LogP contribution is 2.31. The largest absolute Gasteiger partial charge is 0.381 e. The van der Waals surface area contributed by atoms with Gasteiger partial charge in [0.25, 0.3) is 0 Å². The summed E-state index contributed by atoms with van der Waals surface area (Å²) >= 11 is 11.7. The number of nitrogen functional groups attached to an aromatic ring is 1. The Morgan fingerprint density at radius 3 is 2.37 bits per heavy atom. The van der Waals surface area contributed by atoms with Gasteiger partial charge in [-0.25, -0.2) is 4.98 Å². The van der Waals surface area contributed by atoms with Crippen LogP contribution < -0.4 is 14.8 Å². The van der Waals surface area contributed by atoms with Crippen LogP contribution in [0.25, 0.3) is 0 Å². The first kappa shape index (κ1) is 21.7. The van der Waals surface area contributed by atoms with E-state index in [2.05, 4.69) is 4.98 Å². The van der Waals surface area contributed by atoms with Crippen LogP contribution in [0.15, 0.2) is 30.6 Å². The zero-order valence-corrected chi connectivity index (χ0v) is 17.9. The summed E-state index contributed by atoms with van der Waals surface area (Å²) in [6.45, 7) is 6.17. The maximum atomic E-state index is 12.8. The van der Waals surface area contributed by atoms with Crippen LogP contribution in [-0.2, 0) is 15.0 Å². The number of aromatic nitrogens is 2. The van der Waals surface area contributed by atoms with Crippen molar-refractivity contribution < 1.29 is 12.6 Å². The summed E-state index contributed by atoms with van der Waals surface area (Å²) in [6.07, 6.45) is 2.94.